The first-order chi connectivity index (χ1) is 14.1. The molecule has 5 rings (SSSR count). The van der Waals surface area contributed by atoms with Crippen LogP contribution in [-0.4, -0.2) is 46.9 Å². The Morgan fingerprint density at radius 1 is 1.07 bits per heavy atom. The van der Waals surface area contributed by atoms with E-state index in [1.165, 1.54) is 6.07 Å². The van der Waals surface area contributed by atoms with Crippen molar-refractivity contribution in [2.24, 2.45) is 5.41 Å². The topological polar surface area (TPSA) is 39.3 Å². The molecule has 1 N–H and O–H groups in total. The number of amides is 1. The Morgan fingerprint density at radius 3 is 2.86 bits per heavy atom. The Morgan fingerprint density at radius 2 is 1.97 bits per heavy atom. The van der Waals surface area contributed by atoms with Crippen molar-refractivity contribution < 1.29 is 9.18 Å². The summed E-state index contributed by atoms with van der Waals surface area (Å²) in [6.45, 7) is 4.17. The van der Waals surface area contributed by atoms with Crippen molar-refractivity contribution in [1.82, 2.24) is 14.8 Å². The van der Waals surface area contributed by atoms with E-state index in [1.54, 1.807) is 6.07 Å². The highest BCUT2D eigenvalue weighted by Gasteiger charge is 2.42. The van der Waals surface area contributed by atoms with Gasteiger partial charge < -0.3 is 9.88 Å². The zero-order valence-electron chi connectivity index (χ0n) is 16.5. The van der Waals surface area contributed by atoms with Gasteiger partial charge in [0.25, 0.3) is 5.91 Å². The van der Waals surface area contributed by atoms with Gasteiger partial charge in [-0.2, -0.15) is 0 Å². The van der Waals surface area contributed by atoms with Crippen LogP contribution in [0.1, 0.15) is 35.2 Å². The van der Waals surface area contributed by atoms with Crippen LogP contribution >= 0.6 is 0 Å². The predicted molar refractivity (Wildman–Crippen MR) is 112 cm³/mol. The van der Waals surface area contributed by atoms with Gasteiger partial charge in [-0.1, -0.05) is 18.2 Å². The van der Waals surface area contributed by atoms with Crippen molar-refractivity contribution in [3.63, 3.8) is 0 Å². The maximum absolute atomic E-state index is 14.1. The fourth-order valence-corrected chi connectivity index (χ4v) is 5.12. The molecule has 1 atom stereocenters. The Balaban J connectivity index is 1.28. The van der Waals surface area contributed by atoms with Crippen molar-refractivity contribution in [3.8, 4) is 0 Å². The maximum Gasteiger partial charge on any atom is 0.253 e. The summed E-state index contributed by atoms with van der Waals surface area (Å²) in [7, 11) is 0. The Bertz CT molecular complexity index is 1050. The molecule has 5 heteroatoms. The predicted octanol–water partition coefficient (Wildman–Crippen LogP) is 4.44. The fourth-order valence-electron chi connectivity index (χ4n) is 5.12. The van der Waals surface area contributed by atoms with Gasteiger partial charge in [-0.3, -0.25) is 9.69 Å². The molecule has 2 aliphatic rings. The van der Waals surface area contributed by atoms with Crippen molar-refractivity contribution in [2.75, 3.05) is 26.2 Å². The molecule has 0 aliphatic carbocycles. The number of fused-ring (bicyclic) bond motifs is 1. The molecule has 1 aromatic heterocycles. The summed E-state index contributed by atoms with van der Waals surface area (Å²) in [5.74, 6) is -0.00768. The van der Waals surface area contributed by atoms with E-state index >= 15 is 0 Å². The summed E-state index contributed by atoms with van der Waals surface area (Å²) in [6, 6.07) is 14.9. The van der Waals surface area contributed by atoms with Crippen LogP contribution in [0.25, 0.3) is 10.9 Å². The van der Waals surface area contributed by atoms with Gasteiger partial charge in [0.05, 0.1) is 0 Å². The number of halogens is 1. The molecule has 1 spiro atoms. The Hall–Kier alpha value is -2.66. The Labute approximate surface area is 170 Å². The van der Waals surface area contributed by atoms with E-state index in [4.69, 9.17) is 0 Å². The molecule has 2 aliphatic heterocycles. The highest BCUT2D eigenvalue weighted by molar-refractivity contribution is 5.98. The third-order valence-electron chi connectivity index (χ3n) is 6.62. The minimum atomic E-state index is -0.129. The molecule has 3 aromatic rings. The molecule has 2 fully saturated rings. The second kappa shape index (κ2) is 7.30. The van der Waals surface area contributed by atoms with E-state index in [2.05, 4.69) is 9.88 Å². The van der Waals surface area contributed by atoms with Crippen molar-refractivity contribution in [2.45, 2.75) is 25.8 Å². The van der Waals surface area contributed by atoms with Gasteiger partial charge in [0.15, 0.2) is 0 Å². The number of rotatable bonds is 3. The number of hydrogen-bond acceptors (Lipinski definition) is 2. The molecule has 29 heavy (non-hydrogen) atoms. The van der Waals surface area contributed by atoms with Crippen LogP contribution in [-0.2, 0) is 6.54 Å². The van der Waals surface area contributed by atoms with Gasteiger partial charge in [0.1, 0.15) is 5.82 Å². The van der Waals surface area contributed by atoms with Gasteiger partial charge in [-0.05, 0) is 56.1 Å². The van der Waals surface area contributed by atoms with Gasteiger partial charge in [0.2, 0.25) is 0 Å². The number of carbonyl (C=O) groups excluding carboxylic acids is 1. The molecule has 0 bridgehead atoms. The van der Waals surface area contributed by atoms with E-state index < -0.39 is 0 Å². The van der Waals surface area contributed by atoms with E-state index in [0.717, 1.165) is 67.5 Å². The Kier molecular flexibility index (Phi) is 4.63. The molecule has 0 saturated carbocycles. The molecule has 1 amide bonds. The lowest BCUT2D eigenvalue weighted by Crippen LogP contribution is -2.45. The molecule has 150 valence electrons. The highest BCUT2D eigenvalue weighted by atomic mass is 19.1. The van der Waals surface area contributed by atoms with Gasteiger partial charge >= 0.3 is 0 Å². The first-order valence-corrected chi connectivity index (χ1v) is 10.4. The lowest BCUT2D eigenvalue weighted by atomic mass is 9.79. The number of likely N-dealkylation sites (tertiary alicyclic amines) is 2. The van der Waals surface area contributed by atoms with E-state index in [9.17, 15) is 9.18 Å². The van der Waals surface area contributed by atoms with Crippen LogP contribution < -0.4 is 0 Å². The second-order valence-corrected chi connectivity index (χ2v) is 8.66. The van der Waals surface area contributed by atoms with Crippen LogP contribution in [0.4, 0.5) is 4.39 Å². The van der Waals surface area contributed by atoms with Crippen LogP contribution in [0.2, 0.25) is 0 Å². The lowest BCUT2D eigenvalue weighted by Gasteiger charge is -2.40. The number of benzene rings is 2. The lowest BCUT2D eigenvalue weighted by molar-refractivity contribution is 0.0673. The minimum Gasteiger partial charge on any atom is -0.361 e. The number of nitrogens with zero attached hydrogens (tertiary/aromatic N) is 2. The number of aromatic nitrogens is 1. The van der Waals surface area contributed by atoms with Crippen LogP contribution in [0.5, 0.6) is 0 Å². The summed E-state index contributed by atoms with van der Waals surface area (Å²) in [4.78, 5) is 20.7. The summed E-state index contributed by atoms with van der Waals surface area (Å²) >= 11 is 0. The van der Waals surface area contributed by atoms with E-state index in [-0.39, 0.29) is 17.1 Å². The first kappa shape index (κ1) is 18.4. The molecular weight excluding hydrogens is 365 g/mol. The maximum atomic E-state index is 14.1. The molecule has 0 radical (unpaired) electrons. The number of nitrogens with one attached hydrogen (secondary N) is 1. The molecule has 3 heterocycles. The summed E-state index contributed by atoms with van der Waals surface area (Å²) in [5, 5.41) is 1.07. The van der Waals surface area contributed by atoms with E-state index in [0.29, 0.717) is 6.54 Å². The second-order valence-electron chi connectivity index (χ2n) is 8.66. The minimum absolute atomic E-state index is 0.121. The van der Waals surface area contributed by atoms with Gasteiger partial charge in [0, 0.05) is 59.8 Å². The zero-order chi connectivity index (χ0) is 19.8. The van der Waals surface area contributed by atoms with Gasteiger partial charge in [-0.15, -0.1) is 0 Å². The number of carbonyl (C=O) groups is 1. The smallest absolute Gasteiger partial charge is 0.253 e. The summed E-state index contributed by atoms with van der Waals surface area (Å²) in [5.41, 5.74) is 2.70. The quantitative estimate of drug-likeness (QED) is 0.717. The number of H-pyrrole nitrogens is 1. The highest BCUT2D eigenvalue weighted by Crippen LogP contribution is 2.40. The number of hydrogen-bond donors (Lipinski definition) is 1. The van der Waals surface area contributed by atoms with Crippen LogP contribution in [0.3, 0.4) is 0 Å². The normalized spacial score (nSPS) is 22.6. The van der Waals surface area contributed by atoms with Crippen LogP contribution in [0.15, 0.2) is 54.7 Å². The SMILES string of the molecule is O=C(c1ccc2[nH]ccc2c1)N1CC[C@]2(CCCN(Cc3ccccc3F)C2)C1. The first-order valence-electron chi connectivity index (χ1n) is 10.4. The molecule has 2 aromatic carbocycles. The molecular formula is C24H26FN3O. The molecule has 4 nitrogen and oxygen atoms in total. The summed E-state index contributed by atoms with van der Waals surface area (Å²) in [6.07, 6.45) is 5.17. The average molecular weight is 391 g/mol. The number of aromatic amines is 1. The largest absolute Gasteiger partial charge is 0.361 e. The van der Waals surface area contributed by atoms with Crippen molar-refractivity contribution >= 4 is 16.8 Å². The van der Waals surface area contributed by atoms with Crippen LogP contribution in [0, 0.1) is 11.2 Å². The van der Waals surface area contributed by atoms with Crippen molar-refractivity contribution in [1.29, 1.82) is 0 Å². The summed E-state index contributed by atoms with van der Waals surface area (Å²) < 4.78 is 14.1. The third kappa shape index (κ3) is 3.55. The molecule has 2 saturated heterocycles. The van der Waals surface area contributed by atoms with Gasteiger partial charge in [-0.25, -0.2) is 4.39 Å². The monoisotopic (exact) mass is 391 g/mol. The molecule has 0 unspecified atom stereocenters. The zero-order valence-corrected chi connectivity index (χ0v) is 16.5. The average Bonchev–Trinajstić information content (AvgIpc) is 3.36. The van der Waals surface area contributed by atoms with E-state index in [1.807, 2.05) is 47.5 Å². The fraction of sp³-hybridized carbons (Fsp3) is 0.375. The third-order valence-corrected chi connectivity index (χ3v) is 6.62. The number of piperidine rings is 1. The van der Waals surface area contributed by atoms with Crippen molar-refractivity contribution in [3.05, 3.63) is 71.7 Å². The standard InChI is InChI=1S/C24H26FN3O/c25-21-5-2-1-4-20(21)15-27-12-3-9-24(16-27)10-13-28(17-24)23(29)19-6-7-22-18(14-19)8-11-26-22/h1-2,4-8,11,14,26H,3,9-10,12-13,15-17H2/t24-/m0/s1.